The molecule has 1 aliphatic heterocycles. The van der Waals surface area contributed by atoms with Gasteiger partial charge in [-0.2, -0.15) is 0 Å². The van der Waals surface area contributed by atoms with Crippen molar-refractivity contribution < 1.29 is 0 Å². The predicted molar refractivity (Wildman–Crippen MR) is 94.2 cm³/mol. The third-order valence-electron chi connectivity index (χ3n) is 3.43. The normalized spacial score (nSPS) is 15.2. The van der Waals surface area contributed by atoms with E-state index >= 15 is 0 Å². The van der Waals surface area contributed by atoms with Crippen molar-refractivity contribution >= 4 is 60.9 Å². The van der Waals surface area contributed by atoms with E-state index < -0.39 is 0 Å². The van der Waals surface area contributed by atoms with Crippen molar-refractivity contribution in [1.82, 2.24) is 10.3 Å². The number of halogens is 3. The van der Waals surface area contributed by atoms with E-state index in [0.29, 0.717) is 0 Å². The summed E-state index contributed by atoms with van der Waals surface area (Å²) in [6.45, 7) is 6.24. The Kier molecular flexibility index (Phi) is 5.29. The van der Waals surface area contributed by atoms with Gasteiger partial charge in [0.2, 0.25) is 0 Å². The van der Waals surface area contributed by atoms with Crippen LogP contribution in [0.25, 0.3) is 10.9 Å². The summed E-state index contributed by atoms with van der Waals surface area (Å²) in [6, 6.07) is 4.33. The molecule has 0 bridgehead atoms. The molecule has 1 aliphatic rings. The van der Waals surface area contributed by atoms with Crippen LogP contribution in [0.4, 0.5) is 5.69 Å². The lowest BCUT2D eigenvalue weighted by Gasteiger charge is -2.31. The Morgan fingerprint density at radius 3 is 2.55 bits per heavy atom. The van der Waals surface area contributed by atoms with Gasteiger partial charge in [-0.1, -0.05) is 0 Å². The number of nitrogens with one attached hydrogen (secondary N) is 1. The summed E-state index contributed by atoms with van der Waals surface area (Å²) < 4.78 is 2.13. The Morgan fingerprint density at radius 1 is 1.15 bits per heavy atom. The fraction of sp³-hybridized carbons (Fsp3) is 0.357. The molecule has 20 heavy (non-hydrogen) atoms. The number of aryl methyl sites for hydroxylation is 1. The predicted octanol–water partition coefficient (Wildman–Crippen LogP) is 3.90. The molecule has 2 heterocycles. The number of hydrogen-bond acceptors (Lipinski definition) is 3. The number of aromatic nitrogens is 1. The van der Waals surface area contributed by atoms with Crippen LogP contribution in [0.3, 0.4) is 0 Å². The minimum absolute atomic E-state index is 0. The van der Waals surface area contributed by atoms with Crippen molar-refractivity contribution in [3.63, 3.8) is 0 Å². The van der Waals surface area contributed by atoms with Gasteiger partial charge in [-0.3, -0.25) is 4.98 Å². The van der Waals surface area contributed by atoms with Crippen molar-refractivity contribution in [3.05, 3.63) is 32.8 Å². The summed E-state index contributed by atoms with van der Waals surface area (Å²) in [4.78, 5) is 6.97. The average molecular weight is 422 g/mol. The zero-order valence-corrected chi connectivity index (χ0v) is 15.1. The smallest absolute Gasteiger partial charge is 0.0865 e. The van der Waals surface area contributed by atoms with E-state index in [1.54, 1.807) is 0 Å². The molecule has 1 aromatic carbocycles. The highest BCUT2D eigenvalue weighted by atomic mass is 79.9. The molecule has 0 atom stereocenters. The van der Waals surface area contributed by atoms with Crippen LogP contribution in [-0.4, -0.2) is 31.2 Å². The SMILES string of the molecule is Cc1cc(Br)c2ncc(Br)c(N3CCNCC3)c2c1.Cl. The fourth-order valence-electron chi connectivity index (χ4n) is 2.57. The monoisotopic (exact) mass is 419 g/mol. The molecule has 0 unspecified atom stereocenters. The van der Waals surface area contributed by atoms with Gasteiger partial charge in [0.1, 0.15) is 0 Å². The zero-order chi connectivity index (χ0) is 13.4. The summed E-state index contributed by atoms with van der Waals surface area (Å²) in [5, 5.41) is 4.60. The largest absolute Gasteiger partial charge is 0.367 e. The lowest BCUT2D eigenvalue weighted by molar-refractivity contribution is 0.589. The van der Waals surface area contributed by atoms with E-state index in [1.165, 1.54) is 16.6 Å². The van der Waals surface area contributed by atoms with Gasteiger partial charge < -0.3 is 10.2 Å². The van der Waals surface area contributed by atoms with Crippen LogP contribution >= 0.6 is 44.3 Å². The maximum absolute atomic E-state index is 4.54. The second-order valence-electron chi connectivity index (χ2n) is 4.83. The minimum atomic E-state index is 0. The van der Waals surface area contributed by atoms with Crippen molar-refractivity contribution in [2.45, 2.75) is 6.92 Å². The molecule has 3 rings (SSSR count). The van der Waals surface area contributed by atoms with Crippen LogP contribution in [0.15, 0.2) is 27.3 Å². The fourth-order valence-corrected chi connectivity index (χ4v) is 3.81. The first-order chi connectivity index (χ1) is 9.16. The molecule has 0 saturated carbocycles. The Bertz CT molecular complexity index is 627. The van der Waals surface area contributed by atoms with Gasteiger partial charge >= 0.3 is 0 Å². The van der Waals surface area contributed by atoms with Crippen LogP contribution in [0.2, 0.25) is 0 Å². The van der Waals surface area contributed by atoms with Crippen LogP contribution in [0.1, 0.15) is 5.56 Å². The minimum Gasteiger partial charge on any atom is -0.367 e. The van der Waals surface area contributed by atoms with E-state index in [9.17, 15) is 0 Å². The number of nitrogens with zero attached hydrogens (tertiary/aromatic N) is 2. The molecular weight excluding hydrogens is 405 g/mol. The molecule has 0 aliphatic carbocycles. The molecule has 1 saturated heterocycles. The molecule has 3 nitrogen and oxygen atoms in total. The van der Waals surface area contributed by atoms with Gasteiger partial charge in [0, 0.05) is 42.2 Å². The summed E-state index contributed by atoms with van der Waals surface area (Å²) in [5.41, 5.74) is 3.54. The number of hydrogen-bond donors (Lipinski definition) is 1. The first-order valence-corrected chi connectivity index (χ1v) is 7.95. The van der Waals surface area contributed by atoms with Crippen molar-refractivity contribution in [3.8, 4) is 0 Å². The van der Waals surface area contributed by atoms with Crippen LogP contribution < -0.4 is 10.2 Å². The van der Waals surface area contributed by atoms with Gasteiger partial charge in [0.05, 0.1) is 15.7 Å². The van der Waals surface area contributed by atoms with E-state index in [0.717, 1.165) is 40.6 Å². The van der Waals surface area contributed by atoms with Crippen LogP contribution in [0.5, 0.6) is 0 Å². The van der Waals surface area contributed by atoms with Crippen molar-refractivity contribution in [1.29, 1.82) is 0 Å². The molecule has 1 fully saturated rings. The van der Waals surface area contributed by atoms with Crippen LogP contribution in [0, 0.1) is 6.92 Å². The average Bonchev–Trinajstić information content (AvgIpc) is 2.39. The third kappa shape index (κ3) is 2.96. The number of pyridine rings is 1. The molecule has 2 aromatic rings. The van der Waals surface area contributed by atoms with Gasteiger partial charge in [-0.25, -0.2) is 0 Å². The van der Waals surface area contributed by atoms with Gasteiger partial charge in [0.15, 0.2) is 0 Å². The highest BCUT2D eigenvalue weighted by Crippen LogP contribution is 2.36. The number of benzene rings is 1. The number of fused-ring (bicyclic) bond motifs is 1. The first kappa shape index (κ1) is 16.0. The lowest BCUT2D eigenvalue weighted by Crippen LogP contribution is -2.43. The topological polar surface area (TPSA) is 28.2 Å². The van der Waals surface area contributed by atoms with Crippen molar-refractivity contribution in [2.24, 2.45) is 0 Å². The summed E-state index contributed by atoms with van der Waals surface area (Å²) in [5.74, 6) is 0. The highest BCUT2D eigenvalue weighted by molar-refractivity contribution is 9.11. The maximum atomic E-state index is 4.54. The quantitative estimate of drug-likeness (QED) is 0.757. The van der Waals surface area contributed by atoms with Crippen LogP contribution in [-0.2, 0) is 0 Å². The molecule has 108 valence electrons. The summed E-state index contributed by atoms with van der Waals surface area (Å²) >= 11 is 7.28. The second kappa shape index (κ2) is 6.60. The Labute approximate surface area is 141 Å². The van der Waals surface area contributed by atoms with E-state index in [1.807, 2.05) is 6.20 Å². The van der Waals surface area contributed by atoms with E-state index in [-0.39, 0.29) is 12.4 Å². The molecule has 6 heteroatoms. The van der Waals surface area contributed by atoms with Gasteiger partial charge in [-0.05, 0) is 56.5 Å². The number of rotatable bonds is 1. The lowest BCUT2D eigenvalue weighted by atomic mass is 10.1. The van der Waals surface area contributed by atoms with Crippen molar-refractivity contribution in [2.75, 3.05) is 31.1 Å². The number of piperazine rings is 1. The second-order valence-corrected chi connectivity index (χ2v) is 6.54. The molecule has 0 amide bonds. The zero-order valence-electron chi connectivity index (χ0n) is 11.1. The summed E-state index contributed by atoms with van der Waals surface area (Å²) in [7, 11) is 0. The number of anilines is 1. The first-order valence-electron chi connectivity index (χ1n) is 6.37. The summed E-state index contributed by atoms with van der Waals surface area (Å²) in [6.07, 6.45) is 1.90. The molecule has 0 spiro atoms. The maximum Gasteiger partial charge on any atom is 0.0865 e. The van der Waals surface area contributed by atoms with E-state index in [2.05, 4.69) is 66.1 Å². The molecule has 0 radical (unpaired) electrons. The molecule has 1 N–H and O–H groups in total. The van der Waals surface area contributed by atoms with Gasteiger partial charge in [-0.15, -0.1) is 12.4 Å². The van der Waals surface area contributed by atoms with Gasteiger partial charge in [0.25, 0.3) is 0 Å². The highest BCUT2D eigenvalue weighted by Gasteiger charge is 2.18. The van der Waals surface area contributed by atoms with E-state index in [4.69, 9.17) is 0 Å². The molecule has 1 aromatic heterocycles. The Hall–Kier alpha value is -0.360. The Morgan fingerprint density at radius 2 is 1.85 bits per heavy atom. The standard InChI is InChI=1S/C14H15Br2N3.ClH/c1-9-6-10-13(11(15)7-9)18-8-12(16)14(10)19-4-2-17-3-5-19;/h6-8,17H,2-5H2,1H3;1H. The third-order valence-corrected chi connectivity index (χ3v) is 4.61. The Balaban J connectivity index is 0.00000147. The molecular formula is C14H16Br2ClN3.